The van der Waals surface area contributed by atoms with Crippen molar-refractivity contribution < 1.29 is 0 Å². The first-order chi connectivity index (χ1) is 5.70. The summed E-state index contributed by atoms with van der Waals surface area (Å²) in [6, 6.07) is 4.09. The Morgan fingerprint density at radius 2 is 2.17 bits per heavy atom. The van der Waals surface area contributed by atoms with Crippen LogP contribution in [0, 0.1) is 13.8 Å². The summed E-state index contributed by atoms with van der Waals surface area (Å²) in [4.78, 5) is 4.43. The molecule has 0 aliphatic rings. The summed E-state index contributed by atoms with van der Waals surface area (Å²) >= 11 is 3.49. The Labute approximate surface area is 79.4 Å². The Kier molecular flexibility index (Phi) is 1.68. The first-order valence-corrected chi connectivity index (χ1v) is 4.59. The molecule has 0 radical (unpaired) electrons. The van der Waals surface area contributed by atoms with Crippen molar-refractivity contribution in [3.8, 4) is 0 Å². The van der Waals surface area contributed by atoms with Crippen molar-refractivity contribution in [2.75, 3.05) is 0 Å². The maximum Gasteiger partial charge on any atom is 0.140 e. The fraction of sp³-hybridized carbons (Fsp3) is 0.222. The third-order valence-corrected chi connectivity index (χ3v) is 2.90. The Bertz CT molecular complexity index is 431. The lowest BCUT2D eigenvalue weighted by atomic mass is 10.3. The van der Waals surface area contributed by atoms with E-state index in [2.05, 4.69) is 33.9 Å². The van der Waals surface area contributed by atoms with Gasteiger partial charge in [-0.25, -0.2) is 4.98 Å². The molecule has 0 atom stereocenters. The Morgan fingerprint density at radius 1 is 1.42 bits per heavy atom. The van der Waals surface area contributed by atoms with Crippen LogP contribution in [-0.4, -0.2) is 9.38 Å². The number of aromatic nitrogens is 2. The van der Waals surface area contributed by atoms with Gasteiger partial charge in [0, 0.05) is 6.20 Å². The minimum absolute atomic E-state index is 1.03. The van der Waals surface area contributed by atoms with E-state index in [1.165, 1.54) is 5.56 Å². The maximum atomic E-state index is 4.43. The zero-order chi connectivity index (χ0) is 8.72. The molecule has 0 aliphatic carbocycles. The molecular formula is C9H9BrN2. The van der Waals surface area contributed by atoms with Gasteiger partial charge in [0.05, 0.1) is 5.69 Å². The topological polar surface area (TPSA) is 17.3 Å². The monoisotopic (exact) mass is 224 g/mol. The molecule has 0 bridgehead atoms. The van der Waals surface area contributed by atoms with Gasteiger partial charge in [0.1, 0.15) is 10.3 Å². The van der Waals surface area contributed by atoms with Gasteiger partial charge in [0.15, 0.2) is 0 Å². The van der Waals surface area contributed by atoms with Crippen LogP contribution in [0.3, 0.4) is 0 Å². The highest BCUT2D eigenvalue weighted by Crippen LogP contribution is 2.19. The maximum absolute atomic E-state index is 4.43. The first-order valence-electron chi connectivity index (χ1n) is 3.80. The largest absolute Gasteiger partial charge is 0.294 e. The molecule has 2 nitrogen and oxygen atoms in total. The molecular weight excluding hydrogens is 216 g/mol. The number of imidazole rings is 1. The van der Waals surface area contributed by atoms with Crippen LogP contribution in [0.2, 0.25) is 0 Å². The minimum atomic E-state index is 1.03. The van der Waals surface area contributed by atoms with E-state index in [1.807, 2.05) is 23.6 Å². The van der Waals surface area contributed by atoms with E-state index in [9.17, 15) is 0 Å². The predicted molar refractivity (Wildman–Crippen MR) is 52.4 cm³/mol. The zero-order valence-corrected chi connectivity index (χ0v) is 8.59. The molecule has 2 aromatic heterocycles. The summed E-state index contributed by atoms with van der Waals surface area (Å²) in [7, 11) is 0. The minimum Gasteiger partial charge on any atom is -0.294 e. The molecule has 0 unspecified atom stereocenters. The van der Waals surface area contributed by atoms with Gasteiger partial charge in [-0.1, -0.05) is 6.07 Å². The van der Waals surface area contributed by atoms with Gasteiger partial charge in [-0.05, 0) is 41.4 Å². The number of fused-ring (bicyclic) bond motifs is 1. The second-order valence-electron chi connectivity index (χ2n) is 2.87. The van der Waals surface area contributed by atoms with Gasteiger partial charge in [0.2, 0.25) is 0 Å². The summed E-state index contributed by atoms with van der Waals surface area (Å²) in [6.07, 6.45) is 2.01. The first kappa shape index (κ1) is 7.80. The number of rotatable bonds is 0. The van der Waals surface area contributed by atoms with Crippen LogP contribution < -0.4 is 0 Å². The average molecular weight is 225 g/mol. The molecule has 0 aromatic carbocycles. The van der Waals surface area contributed by atoms with Gasteiger partial charge in [-0.15, -0.1) is 0 Å². The van der Waals surface area contributed by atoms with Crippen molar-refractivity contribution in [1.29, 1.82) is 0 Å². The fourth-order valence-electron chi connectivity index (χ4n) is 1.29. The van der Waals surface area contributed by atoms with Crippen LogP contribution >= 0.6 is 15.9 Å². The van der Waals surface area contributed by atoms with E-state index in [0.717, 1.165) is 15.9 Å². The predicted octanol–water partition coefficient (Wildman–Crippen LogP) is 2.71. The molecule has 0 saturated carbocycles. The summed E-state index contributed by atoms with van der Waals surface area (Å²) in [5, 5.41) is 0. The fourth-order valence-corrected chi connectivity index (χ4v) is 1.66. The standard InChI is InChI=1S/C9H9BrN2/c1-6-4-3-5-12-8(10)7(2)11-9(6)12/h3-5H,1-2H3. The third kappa shape index (κ3) is 0.966. The smallest absolute Gasteiger partial charge is 0.140 e. The van der Waals surface area contributed by atoms with Crippen molar-refractivity contribution in [2.24, 2.45) is 0 Å². The van der Waals surface area contributed by atoms with E-state index < -0.39 is 0 Å². The van der Waals surface area contributed by atoms with Gasteiger partial charge in [0.25, 0.3) is 0 Å². The zero-order valence-electron chi connectivity index (χ0n) is 7.00. The van der Waals surface area contributed by atoms with Crippen LogP contribution in [0.5, 0.6) is 0 Å². The normalized spacial score (nSPS) is 10.9. The number of halogens is 1. The molecule has 0 N–H and O–H groups in total. The summed E-state index contributed by atoms with van der Waals surface area (Å²) < 4.78 is 3.09. The number of aryl methyl sites for hydroxylation is 2. The number of hydrogen-bond acceptors (Lipinski definition) is 1. The van der Waals surface area contributed by atoms with Crippen LogP contribution in [0.1, 0.15) is 11.3 Å². The van der Waals surface area contributed by atoms with Gasteiger partial charge in [-0.3, -0.25) is 4.40 Å². The second kappa shape index (κ2) is 2.59. The van der Waals surface area contributed by atoms with E-state index in [-0.39, 0.29) is 0 Å². The van der Waals surface area contributed by atoms with E-state index in [1.54, 1.807) is 0 Å². The van der Waals surface area contributed by atoms with Gasteiger partial charge >= 0.3 is 0 Å². The van der Waals surface area contributed by atoms with Crippen molar-refractivity contribution in [2.45, 2.75) is 13.8 Å². The molecule has 0 amide bonds. The van der Waals surface area contributed by atoms with Crippen LogP contribution in [0.4, 0.5) is 0 Å². The molecule has 12 heavy (non-hydrogen) atoms. The van der Waals surface area contributed by atoms with Crippen LogP contribution in [0.25, 0.3) is 5.65 Å². The number of pyridine rings is 1. The molecule has 0 saturated heterocycles. The Balaban J connectivity index is 2.95. The van der Waals surface area contributed by atoms with Gasteiger partial charge in [-0.2, -0.15) is 0 Å². The number of nitrogens with zero attached hydrogens (tertiary/aromatic N) is 2. The highest BCUT2D eigenvalue weighted by molar-refractivity contribution is 9.10. The van der Waals surface area contributed by atoms with E-state index in [0.29, 0.717) is 0 Å². The van der Waals surface area contributed by atoms with E-state index >= 15 is 0 Å². The Hall–Kier alpha value is -0.830. The number of hydrogen-bond donors (Lipinski definition) is 0. The van der Waals surface area contributed by atoms with Crippen LogP contribution in [-0.2, 0) is 0 Å². The van der Waals surface area contributed by atoms with Crippen molar-refractivity contribution >= 4 is 21.6 Å². The lowest BCUT2D eigenvalue weighted by Gasteiger charge is -1.96. The highest BCUT2D eigenvalue weighted by atomic mass is 79.9. The van der Waals surface area contributed by atoms with E-state index in [4.69, 9.17) is 0 Å². The molecule has 2 aromatic rings. The molecule has 0 aliphatic heterocycles. The summed E-state index contributed by atoms with van der Waals surface area (Å²) in [5.74, 6) is 0. The summed E-state index contributed by atoms with van der Waals surface area (Å²) in [5.41, 5.74) is 3.26. The molecule has 0 fully saturated rings. The molecule has 62 valence electrons. The Morgan fingerprint density at radius 3 is 2.83 bits per heavy atom. The quantitative estimate of drug-likeness (QED) is 0.673. The molecule has 3 heteroatoms. The third-order valence-electron chi connectivity index (χ3n) is 1.95. The SMILES string of the molecule is Cc1nc2c(C)cccn2c1Br. The van der Waals surface area contributed by atoms with Crippen molar-refractivity contribution in [3.63, 3.8) is 0 Å². The lowest BCUT2D eigenvalue weighted by Crippen LogP contribution is -1.85. The highest BCUT2D eigenvalue weighted by Gasteiger charge is 2.05. The average Bonchev–Trinajstić information content (AvgIpc) is 2.32. The van der Waals surface area contributed by atoms with Gasteiger partial charge < -0.3 is 0 Å². The van der Waals surface area contributed by atoms with Crippen LogP contribution in [0.15, 0.2) is 22.9 Å². The molecule has 2 heterocycles. The molecule has 0 spiro atoms. The molecule has 2 rings (SSSR count). The van der Waals surface area contributed by atoms with Crippen molar-refractivity contribution in [1.82, 2.24) is 9.38 Å². The lowest BCUT2D eigenvalue weighted by molar-refractivity contribution is 1.13. The summed E-state index contributed by atoms with van der Waals surface area (Å²) in [6.45, 7) is 4.06. The van der Waals surface area contributed by atoms with Crippen molar-refractivity contribution in [3.05, 3.63) is 34.2 Å². The second-order valence-corrected chi connectivity index (χ2v) is 3.62.